The van der Waals surface area contributed by atoms with Gasteiger partial charge >= 0.3 is 0 Å². The van der Waals surface area contributed by atoms with Crippen molar-refractivity contribution in [3.05, 3.63) is 26.4 Å². The summed E-state index contributed by atoms with van der Waals surface area (Å²) in [6.07, 6.45) is 0. The van der Waals surface area contributed by atoms with Crippen LogP contribution >= 0.6 is 35.4 Å². The first-order chi connectivity index (χ1) is 4.61. The van der Waals surface area contributed by atoms with Gasteiger partial charge in [-0.15, -0.1) is 0 Å². The Hall–Kier alpha value is -0.0500. The van der Waals surface area contributed by atoms with Gasteiger partial charge in [0.1, 0.15) is 5.15 Å². The third kappa shape index (κ3) is 1.51. The highest BCUT2D eigenvalue weighted by molar-refractivity contribution is 7.71. The smallest absolute Gasteiger partial charge is 0.126 e. The molecular weight excluding hydrogens is 189 g/mol. The Morgan fingerprint density at radius 3 is 2.60 bits per heavy atom. The Kier molecular flexibility index (Phi) is 2.34. The average Bonchev–Trinajstić information content (AvgIpc) is 1.82. The zero-order valence-corrected chi connectivity index (χ0v) is 7.57. The van der Waals surface area contributed by atoms with Crippen LogP contribution in [0.3, 0.4) is 0 Å². The molecule has 1 rings (SSSR count). The monoisotopic (exact) mass is 193 g/mol. The van der Waals surface area contributed by atoms with E-state index >= 15 is 0 Å². The van der Waals surface area contributed by atoms with E-state index in [1.54, 1.807) is 6.07 Å². The Morgan fingerprint density at radius 2 is 2.10 bits per heavy atom. The van der Waals surface area contributed by atoms with Crippen molar-refractivity contribution >= 4 is 35.4 Å². The van der Waals surface area contributed by atoms with Crippen LogP contribution in [0.1, 0.15) is 5.69 Å². The van der Waals surface area contributed by atoms with Crippen LogP contribution in [0.5, 0.6) is 0 Å². The molecule has 0 fully saturated rings. The maximum atomic E-state index is 5.68. The van der Waals surface area contributed by atoms with Crippen LogP contribution in [0.25, 0.3) is 0 Å². The molecule has 0 saturated heterocycles. The van der Waals surface area contributed by atoms with Crippen molar-refractivity contribution in [2.45, 2.75) is 6.92 Å². The summed E-state index contributed by atoms with van der Waals surface area (Å²) in [5, 5.41) is 0.828. The van der Waals surface area contributed by atoms with Crippen molar-refractivity contribution in [3.8, 4) is 0 Å². The van der Waals surface area contributed by atoms with E-state index in [2.05, 4.69) is 4.98 Å². The van der Waals surface area contributed by atoms with Gasteiger partial charge in [-0.3, -0.25) is 0 Å². The quantitative estimate of drug-likeness (QED) is 0.494. The van der Waals surface area contributed by atoms with Crippen molar-refractivity contribution < 1.29 is 0 Å². The predicted molar refractivity (Wildman–Crippen MR) is 46.4 cm³/mol. The Balaban J connectivity index is 3.46. The second-order valence-electron chi connectivity index (χ2n) is 1.94. The van der Waals surface area contributed by atoms with Gasteiger partial charge in [0.2, 0.25) is 0 Å². The number of aromatic amines is 1. The van der Waals surface area contributed by atoms with E-state index in [1.807, 2.05) is 6.92 Å². The molecule has 0 aliphatic heterocycles. The minimum Gasteiger partial charge on any atom is -0.349 e. The third-order valence-electron chi connectivity index (χ3n) is 1.06. The fraction of sp³-hybridized carbons (Fsp3) is 0.167. The number of halogens is 2. The highest BCUT2D eigenvalue weighted by atomic mass is 35.5. The van der Waals surface area contributed by atoms with Crippen LogP contribution in [-0.2, 0) is 0 Å². The van der Waals surface area contributed by atoms with Gasteiger partial charge in [-0.25, -0.2) is 0 Å². The number of hydrogen-bond acceptors (Lipinski definition) is 1. The molecule has 0 amide bonds. The number of aryl methyl sites for hydroxylation is 1. The molecular formula is C6H5Cl2NS. The largest absolute Gasteiger partial charge is 0.349 e. The summed E-state index contributed by atoms with van der Waals surface area (Å²) in [6, 6.07) is 1.77. The molecule has 0 bridgehead atoms. The molecule has 54 valence electrons. The zero-order chi connectivity index (χ0) is 7.72. The Bertz CT molecular complexity index is 305. The van der Waals surface area contributed by atoms with Gasteiger partial charge in [0.05, 0.1) is 9.53 Å². The zero-order valence-electron chi connectivity index (χ0n) is 5.24. The first kappa shape index (κ1) is 8.05. The van der Waals surface area contributed by atoms with Crippen LogP contribution < -0.4 is 0 Å². The molecule has 0 aliphatic rings. The maximum Gasteiger partial charge on any atom is 0.126 e. The van der Waals surface area contributed by atoms with Crippen LogP contribution in [-0.4, -0.2) is 4.98 Å². The molecule has 1 aromatic heterocycles. The summed E-state index contributed by atoms with van der Waals surface area (Å²) < 4.78 is 0.586. The number of hydrogen-bond donors (Lipinski definition) is 1. The first-order valence-electron chi connectivity index (χ1n) is 2.66. The van der Waals surface area contributed by atoms with Gasteiger partial charge < -0.3 is 4.98 Å². The summed E-state index contributed by atoms with van der Waals surface area (Å²) >= 11 is 16.2. The number of rotatable bonds is 0. The highest BCUT2D eigenvalue weighted by Gasteiger charge is 1.98. The Morgan fingerprint density at radius 1 is 1.50 bits per heavy atom. The molecule has 10 heavy (non-hydrogen) atoms. The summed E-state index contributed by atoms with van der Waals surface area (Å²) in [7, 11) is 0. The minimum atomic E-state index is 0.409. The van der Waals surface area contributed by atoms with Gasteiger partial charge in [0.25, 0.3) is 0 Å². The fourth-order valence-corrected chi connectivity index (χ4v) is 1.32. The van der Waals surface area contributed by atoms with Crippen molar-refractivity contribution in [1.82, 2.24) is 4.98 Å². The van der Waals surface area contributed by atoms with Crippen LogP contribution in [0.15, 0.2) is 6.07 Å². The number of pyridine rings is 1. The highest BCUT2D eigenvalue weighted by Crippen LogP contribution is 2.20. The van der Waals surface area contributed by atoms with Crippen LogP contribution in [0.4, 0.5) is 0 Å². The first-order valence-corrected chi connectivity index (χ1v) is 3.82. The average molecular weight is 194 g/mol. The van der Waals surface area contributed by atoms with Crippen LogP contribution in [0.2, 0.25) is 10.2 Å². The lowest BCUT2D eigenvalue weighted by atomic mass is 10.4. The molecule has 4 heteroatoms. The standard InChI is InChI=1S/C6H5Cl2NS/c1-3-2-4(10)5(7)6(8)9-3/h2H,1H3,(H,9,10). The summed E-state index contributed by atoms with van der Waals surface area (Å²) in [6.45, 7) is 1.87. The van der Waals surface area contributed by atoms with E-state index in [1.165, 1.54) is 0 Å². The molecule has 1 aromatic rings. The van der Waals surface area contributed by atoms with Gasteiger partial charge in [-0.05, 0) is 13.0 Å². The molecule has 0 radical (unpaired) electrons. The third-order valence-corrected chi connectivity index (χ3v) is 2.27. The van der Waals surface area contributed by atoms with Gasteiger partial charge in [0.15, 0.2) is 0 Å². The maximum absolute atomic E-state index is 5.68. The van der Waals surface area contributed by atoms with E-state index in [0.717, 1.165) is 5.69 Å². The topological polar surface area (TPSA) is 15.8 Å². The molecule has 0 aliphatic carbocycles. The second-order valence-corrected chi connectivity index (χ2v) is 3.14. The molecule has 0 aromatic carbocycles. The van der Waals surface area contributed by atoms with Gasteiger partial charge in [-0.1, -0.05) is 35.4 Å². The number of H-pyrrole nitrogens is 1. The van der Waals surface area contributed by atoms with E-state index in [4.69, 9.17) is 35.4 Å². The summed E-state index contributed by atoms with van der Waals surface area (Å²) in [5.41, 5.74) is 0.916. The Labute approximate surface area is 74.0 Å². The van der Waals surface area contributed by atoms with E-state index in [-0.39, 0.29) is 0 Å². The van der Waals surface area contributed by atoms with Crippen molar-refractivity contribution in [1.29, 1.82) is 0 Å². The lowest BCUT2D eigenvalue weighted by molar-refractivity contribution is 1.20. The van der Waals surface area contributed by atoms with Gasteiger partial charge in [0, 0.05) is 5.69 Å². The van der Waals surface area contributed by atoms with Crippen LogP contribution in [0, 0.1) is 11.4 Å². The van der Waals surface area contributed by atoms with Crippen molar-refractivity contribution in [2.75, 3.05) is 0 Å². The van der Waals surface area contributed by atoms with Gasteiger partial charge in [-0.2, -0.15) is 0 Å². The fourth-order valence-electron chi connectivity index (χ4n) is 0.632. The molecule has 0 atom stereocenters. The summed E-state index contributed by atoms with van der Waals surface area (Å²) in [5.74, 6) is 0. The minimum absolute atomic E-state index is 0.409. The molecule has 1 heterocycles. The normalized spacial score (nSPS) is 9.90. The SMILES string of the molecule is Cc1cc(=S)c(Cl)c(Cl)[nH]1. The lowest BCUT2D eigenvalue weighted by Gasteiger charge is -1.97. The van der Waals surface area contributed by atoms with E-state index in [9.17, 15) is 0 Å². The number of aromatic nitrogens is 1. The van der Waals surface area contributed by atoms with Crippen molar-refractivity contribution in [3.63, 3.8) is 0 Å². The molecule has 0 saturated carbocycles. The summed E-state index contributed by atoms with van der Waals surface area (Å²) in [4.78, 5) is 2.85. The molecule has 1 N–H and O–H groups in total. The molecule has 1 nitrogen and oxygen atoms in total. The van der Waals surface area contributed by atoms with Crippen molar-refractivity contribution in [2.24, 2.45) is 0 Å². The second kappa shape index (κ2) is 2.91. The number of nitrogens with one attached hydrogen (secondary N) is 1. The molecule has 0 unspecified atom stereocenters. The predicted octanol–water partition coefficient (Wildman–Crippen LogP) is 3.36. The molecule has 0 spiro atoms. The van der Waals surface area contributed by atoms with E-state index in [0.29, 0.717) is 14.7 Å². The lowest BCUT2D eigenvalue weighted by Crippen LogP contribution is -1.82. The van der Waals surface area contributed by atoms with E-state index < -0.39 is 0 Å².